The second kappa shape index (κ2) is 8.24. The predicted octanol–water partition coefficient (Wildman–Crippen LogP) is 3.64. The van der Waals surface area contributed by atoms with Crippen LogP contribution in [0.1, 0.15) is 42.1 Å². The SMILES string of the molecule is COC1=CC(=O)C[C@@H](C)C(C(=O)c2c(OC)cc(C#N)c(Cl)c2O)CC1. The quantitative estimate of drug-likeness (QED) is 0.804. The maximum absolute atomic E-state index is 13.2. The largest absolute Gasteiger partial charge is 0.505 e. The monoisotopic (exact) mass is 377 g/mol. The van der Waals surface area contributed by atoms with Gasteiger partial charge in [-0.1, -0.05) is 18.5 Å². The highest BCUT2D eigenvalue weighted by Crippen LogP contribution is 2.41. The Balaban J connectivity index is 2.48. The van der Waals surface area contributed by atoms with E-state index in [1.165, 1.54) is 26.4 Å². The molecule has 0 saturated heterocycles. The molecule has 0 heterocycles. The summed E-state index contributed by atoms with van der Waals surface area (Å²) in [6, 6.07) is 3.18. The number of methoxy groups -OCH3 is 2. The number of ether oxygens (including phenoxy) is 2. The Bertz CT molecular complexity index is 809. The standard InChI is InChI=1S/C19H20ClNO5/c1-10-6-12(22)8-13(25-2)4-5-14(10)18(23)16-15(26-3)7-11(9-21)17(20)19(16)24/h7-8,10,14,24H,4-6H2,1-3H3/t10-,14?/m1/s1. The van der Waals surface area contributed by atoms with Crippen LogP contribution in [0.4, 0.5) is 0 Å². The smallest absolute Gasteiger partial charge is 0.173 e. The van der Waals surface area contributed by atoms with E-state index in [0.717, 1.165) is 0 Å². The third-order valence-corrected chi connectivity index (χ3v) is 5.01. The number of Topliss-reactive ketones (excluding diaryl/α,β-unsaturated/α-hetero) is 1. The second-order valence-corrected chi connectivity index (χ2v) is 6.63. The van der Waals surface area contributed by atoms with Crippen molar-refractivity contribution in [2.45, 2.75) is 26.2 Å². The molecule has 1 aromatic rings. The fourth-order valence-electron chi connectivity index (χ4n) is 3.19. The van der Waals surface area contributed by atoms with Crippen LogP contribution in [0.5, 0.6) is 11.5 Å². The first-order chi connectivity index (χ1) is 12.3. The molecule has 1 aromatic carbocycles. The fourth-order valence-corrected chi connectivity index (χ4v) is 3.38. The number of ketones is 2. The number of hydrogen-bond acceptors (Lipinski definition) is 6. The van der Waals surface area contributed by atoms with Crippen molar-refractivity contribution in [3.63, 3.8) is 0 Å². The maximum Gasteiger partial charge on any atom is 0.173 e. The fraction of sp³-hybridized carbons (Fsp3) is 0.421. The highest BCUT2D eigenvalue weighted by atomic mass is 35.5. The molecule has 0 saturated carbocycles. The van der Waals surface area contributed by atoms with Gasteiger partial charge in [-0.05, 0) is 12.3 Å². The van der Waals surface area contributed by atoms with Gasteiger partial charge in [0.25, 0.3) is 0 Å². The first kappa shape index (κ1) is 19.8. The molecule has 6 nitrogen and oxygen atoms in total. The molecule has 1 aliphatic carbocycles. The minimum absolute atomic E-state index is 0.0167. The third kappa shape index (κ3) is 3.83. The third-order valence-electron chi connectivity index (χ3n) is 4.62. The van der Waals surface area contributed by atoms with Gasteiger partial charge >= 0.3 is 0 Å². The molecule has 1 unspecified atom stereocenters. The van der Waals surface area contributed by atoms with Crippen LogP contribution in [0.25, 0.3) is 0 Å². The normalized spacial score (nSPS) is 20.4. The maximum atomic E-state index is 13.2. The van der Waals surface area contributed by atoms with Crippen LogP contribution in [0.15, 0.2) is 17.9 Å². The number of allylic oxidation sites excluding steroid dienone is 2. The number of nitrogens with zero attached hydrogens (tertiary/aromatic N) is 1. The Morgan fingerprint density at radius 2 is 2.08 bits per heavy atom. The van der Waals surface area contributed by atoms with E-state index in [-0.39, 0.29) is 45.8 Å². The van der Waals surface area contributed by atoms with Crippen molar-refractivity contribution in [1.82, 2.24) is 0 Å². The minimum Gasteiger partial charge on any atom is -0.505 e. The molecule has 2 rings (SSSR count). The van der Waals surface area contributed by atoms with E-state index in [2.05, 4.69) is 0 Å². The summed E-state index contributed by atoms with van der Waals surface area (Å²) in [5, 5.41) is 19.3. The summed E-state index contributed by atoms with van der Waals surface area (Å²) >= 11 is 6.01. The van der Waals surface area contributed by atoms with E-state index >= 15 is 0 Å². The number of nitriles is 1. The lowest BCUT2D eigenvalue weighted by molar-refractivity contribution is -0.115. The molecule has 2 atom stereocenters. The summed E-state index contributed by atoms with van der Waals surface area (Å²) in [6.45, 7) is 1.82. The molecule has 0 radical (unpaired) electrons. The van der Waals surface area contributed by atoms with Crippen LogP contribution >= 0.6 is 11.6 Å². The van der Waals surface area contributed by atoms with E-state index in [0.29, 0.717) is 18.6 Å². The number of benzene rings is 1. The average Bonchev–Trinajstić information content (AvgIpc) is 2.61. The van der Waals surface area contributed by atoms with Crippen molar-refractivity contribution in [1.29, 1.82) is 5.26 Å². The second-order valence-electron chi connectivity index (χ2n) is 6.25. The molecule has 1 N–H and O–H groups in total. The van der Waals surface area contributed by atoms with E-state index < -0.39 is 11.7 Å². The number of carbonyl (C=O) groups is 2. The number of rotatable bonds is 4. The van der Waals surface area contributed by atoms with Gasteiger partial charge < -0.3 is 14.6 Å². The van der Waals surface area contributed by atoms with Crippen molar-refractivity contribution in [2.75, 3.05) is 14.2 Å². The number of carbonyl (C=O) groups excluding carboxylic acids is 2. The molecular formula is C19H20ClNO5. The Labute approximate surface area is 157 Å². The van der Waals surface area contributed by atoms with Crippen LogP contribution in [0, 0.1) is 23.2 Å². The molecule has 0 aliphatic heterocycles. The molecular weight excluding hydrogens is 358 g/mol. The van der Waals surface area contributed by atoms with Gasteiger partial charge in [-0.3, -0.25) is 9.59 Å². The zero-order valence-corrected chi connectivity index (χ0v) is 15.6. The molecule has 0 spiro atoms. The molecule has 26 heavy (non-hydrogen) atoms. The van der Waals surface area contributed by atoms with E-state index in [1.807, 2.05) is 13.0 Å². The Kier molecular flexibility index (Phi) is 6.27. The minimum atomic E-state index is -0.526. The van der Waals surface area contributed by atoms with E-state index in [9.17, 15) is 14.7 Å². The molecule has 0 amide bonds. The number of aromatic hydroxyl groups is 1. The zero-order valence-electron chi connectivity index (χ0n) is 14.8. The topological polar surface area (TPSA) is 96.6 Å². The van der Waals surface area contributed by atoms with Crippen LogP contribution in [-0.2, 0) is 9.53 Å². The van der Waals surface area contributed by atoms with E-state index in [4.69, 9.17) is 26.3 Å². The van der Waals surface area contributed by atoms with Crippen LogP contribution < -0.4 is 4.74 Å². The molecule has 1 aliphatic rings. The lowest BCUT2D eigenvalue weighted by atomic mass is 9.79. The Morgan fingerprint density at radius 3 is 2.65 bits per heavy atom. The zero-order chi connectivity index (χ0) is 19.4. The Hall–Kier alpha value is -2.52. The van der Waals surface area contributed by atoms with Crippen molar-refractivity contribution in [3.05, 3.63) is 34.1 Å². The lowest BCUT2D eigenvalue weighted by Crippen LogP contribution is -2.26. The van der Waals surface area contributed by atoms with E-state index in [1.54, 1.807) is 0 Å². The van der Waals surface area contributed by atoms with Gasteiger partial charge in [-0.2, -0.15) is 5.26 Å². The number of hydrogen-bond donors (Lipinski definition) is 1. The van der Waals surface area contributed by atoms with Crippen LogP contribution in [-0.4, -0.2) is 30.9 Å². The van der Waals surface area contributed by atoms with Gasteiger partial charge in [0.2, 0.25) is 0 Å². The number of phenols is 1. The molecule has 7 heteroatoms. The predicted molar refractivity (Wildman–Crippen MR) is 95.3 cm³/mol. The van der Waals surface area contributed by atoms with Crippen molar-refractivity contribution in [3.8, 4) is 17.6 Å². The number of phenolic OH excluding ortho intramolecular Hbond substituents is 1. The molecule has 138 valence electrons. The summed E-state index contributed by atoms with van der Waals surface area (Å²) in [5.41, 5.74) is -0.0487. The van der Waals surface area contributed by atoms with Crippen molar-refractivity contribution < 1.29 is 24.2 Å². The first-order valence-electron chi connectivity index (χ1n) is 8.15. The summed E-state index contributed by atoms with van der Waals surface area (Å²) in [5.74, 6) is -1.12. The van der Waals surface area contributed by atoms with Gasteiger partial charge in [0.1, 0.15) is 28.2 Å². The molecule has 0 bridgehead atoms. The highest BCUT2D eigenvalue weighted by Gasteiger charge is 2.33. The van der Waals surface area contributed by atoms with Crippen LogP contribution in [0.3, 0.4) is 0 Å². The van der Waals surface area contributed by atoms with Crippen LogP contribution in [0.2, 0.25) is 5.02 Å². The summed E-state index contributed by atoms with van der Waals surface area (Å²) in [6.07, 6.45) is 2.54. The highest BCUT2D eigenvalue weighted by molar-refractivity contribution is 6.34. The van der Waals surface area contributed by atoms with Gasteiger partial charge in [-0.25, -0.2) is 0 Å². The lowest BCUT2D eigenvalue weighted by Gasteiger charge is -2.25. The Morgan fingerprint density at radius 1 is 1.38 bits per heavy atom. The summed E-state index contributed by atoms with van der Waals surface area (Å²) < 4.78 is 10.4. The molecule has 0 aromatic heterocycles. The summed E-state index contributed by atoms with van der Waals surface area (Å²) in [4.78, 5) is 25.2. The molecule has 0 fully saturated rings. The first-order valence-corrected chi connectivity index (χ1v) is 8.52. The van der Waals surface area contributed by atoms with Gasteiger partial charge in [0.05, 0.1) is 25.5 Å². The van der Waals surface area contributed by atoms with Gasteiger partial charge in [0, 0.05) is 30.9 Å². The average molecular weight is 378 g/mol. The van der Waals surface area contributed by atoms with Gasteiger partial charge in [-0.15, -0.1) is 0 Å². The summed E-state index contributed by atoms with van der Waals surface area (Å²) in [7, 11) is 2.83. The van der Waals surface area contributed by atoms with Gasteiger partial charge in [0.15, 0.2) is 11.6 Å². The number of halogens is 1. The van der Waals surface area contributed by atoms with Crippen molar-refractivity contribution >= 4 is 23.2 Å². The van der Waals surface area contributed by atoms with Crippen molar-refractivity contribution in [2.24, 2.45) is 11.8 Å².